The molecular formula is C16H14N2O2. The molecule has 3 rings (SSSR count). The highest BCUT2D eigenvalue weighted by Gasteiger charge is 2.05. The van der Waals surface area contributed by atoms with Crippen molar-refractivity contribution in [3.63, 3.8) is 0 Å². The lowest BCUT2D eigenvalue weighted by atomic mass is 10.1. The van der Waals surface area contributed by atoms with Crippen molar-refractivity contribution in [1.29, 1.82) is 0 Å². The zero-order valence-corrected chi connectivity index (χ0v) is 10.9. The van der Waals surface area contributed by atoms with E-state index in [1.54, 1.807) is 0 Å². The average Bonchev–Trinajstić information content (AvgIpc) is 2.94. The lowest BCUT2D eigenvalue weighted by molar-refractivity contribution is -0.120. The molecule has 0 saturated carbocycles. The molecule has 0 aliphatic rings. The summed E-state index contributed by atoms with van der Waals surface area (Å²) in [4.78, 5) is 16.0. The van der Waals surface area contributed by atoms with Gasteiger partial charge in [0, 0.05) is 6.54 Å². The Bertz CT molecular complexity index is 719. The van der Waals surface area contributed by atoms with Crippen molar-refractivity contribution in [2.45, 2.75) is 13.0 Å². The van der Waals surface area contributed by atoms with Gasteiger partial charge in [0.05, 0.1) is 6.42 Å². The number of nitrogens with zero attached hydrogens (tertiary/aromatic N) is 1. The highest BCUT2D eigenvalue weighted by atomic mass is 16.3. The highest BCUT2D eigenvalue weighted by Crippen LogP contribution is 2.14. The Balaban J connectivity index is 1.61. The first-order valence-electron chi connectivity index (χ1n) is 6.44. The van der Waals surface area contributed by atoms with Crippen molar-refractivity contribution in [2.75, 3.05) is 0 Å². The Kier molecular flexibility index (Phi) is 3.46. The van der Waals surface area contributed by atoms with Crippen molar-refractivity contribution in [2.24, 2.45) is 0 Å². The van der Waals surface area contributed by atoms with Crippen LogP contribution in [0.5, 0.6) is 0 Å². The second-order valence-electron chi connectivity index (χ2n) is 4.59. The number of oxazole rings is 1. The molecule has 0 saturated heterocycles. The predicted octanol–water partition coefficient (Wildman–Crippen LogP) is 2.69. The maximum absolute atomic E-state index is 11.9. The van der Waals surface area contributed by atoms with Gasteiger partial charge in [-0.1, -0.05) is 36.4 Å². The lowest BCUT2D eigenvalue weighted by Crippen LogP contribution is -2.24. The van der Waals surface area contributed by atoms with Crippen LogP contribution in [0.1, 0.15) is 11.1 Å². The van der Waals surface area contributed by atoms with Gasteiger partial charge < -0.3 is 9.73 Å². The second-order valence-corrected chi connectivity index (χ2v) is 4.59. The van der Waals surface area contributed by atoms with Crippen molar-refractivity contribution in [3.8, 4) is 0 Å². The number of benzene rings is 2. The molecule has 0 unspecified atom stereocenters. The van der Waals surface area contributed by atoms with Crippen LogP contribution >= 0.6 is 0 Å². The topological polar surface area (TPSA) is 55.1 Å². The Hall–Kier alpha value is -2.62. The van der Waals surface area contributed by atoms with E-state index in [2.05, 4.69) is 10.3 Å². The summed E-state index contributed by atoms with van der Waals surface area (Å²) < 4.78 is 5.17. The maximum atomic E-state index is 11.9. The van der Waals surface area contributed by atoms with E-state index in [0.29, 0.717) is 13.0 Å². The molecule has 1 amide bonds. The normalized spacial score (nSPS) is 10.6. The third-order valence-corrected chi connectivity index (χ3v) is 3.09. The molecule has 0 bridgehead atoms. The third-order valence-electron chi connectivity index (χ3n) is 3.09. The summed E-state index contributed by atoms with van der Waals surface area (Å²) in [6.07, 6.45) is 1.75. The van der Waals surface area contributed by atoms with Crippen molar-refractivity contribution in [1.82, 2.24) is 10.3 Å². The number of amides is 1. The molecular weight excluding hydrogens is 252 g/mol. The van der Waals surface area contributed by atoms with E-state index >= 15 is 0 Å². The average molecular weight is 266 g/mol. The molecule has 0 spiro atoms. The number of aromatic nitrogens is 1. The van der Waals surface area contributed by atoms with Gasteiger partial charge in [-0.2, -0.15) is 0 Å². The first-order chi connectivity index (χ1) is 9.81. The van der Waals surface area contributed by atoms with Crippen LogP contribution in [0, 0.1) is 0 Å². The molecule has 100 valence electrons. The van der Waals surface area contributed by atoms with Crippen LogP contribution in [0.2, 0.25) is 0 Å². The van der Waals surface area contributed by atoms with Gasteiger partial charge in [0.1, 0.15) is 5.52 Å². The van der Waals surface area contributed by atoms with E-state index in [1.165, 1.54) is 6.39 Å². The number of carbonyl (C=O) groups is 1. The van der Waals surface area contributed by atoms with E-state index in [1.807, 2.05) is 48.5 Å². The Morgan fingerprint density at radius 1 is 1.10 bits per heavy atom. The zero-order valence-electron chi connectivity index (χ0n) is 10.9. The maximum Gasteiger partial charge on any atom is 0.224 e. The molecule has 4 heteroatoms. The molecule has 0 aliphatic carbocycles. The van der Waals surface area contributed by atoms with Crippen LogP contribution in [0.25, 0.3) is 11.1 Å². The van der Waals surface area contributed by atoms with Crippen molar-refractivity contribution < 1.29 is 9.21 Å². The molecule has 4 nitrogen and oxygen atoms in total. The Morgan fingerprint density at radius 3 is 2.80 bits per heavy atom. The fraction of sp³-hybridized carbons (Fsp3) is 0.125. The SMILES string of the molecule is O=C(Cc1ccc2ocnc2c1)NCc1ccccc1. The minimum absolute atomic E-state index is 0.00306. The standard InChI is InChI=1S/C16H14N2O2/c19-16(17-10-12-4-2-1-3-5-12)9-13-6-7-15-14(8-13)18-11-20-15/h1-8,11H,9-10H2,(H,17,19). The molecule has 0 radical (unpaired) electrons. The number of hydrogen-bond donors (Lipinski definition) is 1. The molecule has 2 aromatic carbocycles. The van der Waals surface area contributed by atoms with Gasteiger partial charge in [-0.15, -0.1) is 0 Å². The summed E-state index contributed by atoms with van der Waals surface area (Å²) in [6, 6.07) is 15.4. The summed E-state index contributed by atoms with van der Waals surface area (Å²) in [6.45, 7) is 0.547. The van der Waals surface area contributed by atoms with Gasteiger partial charge in [-0.05, 0) is 23.3 Å². The fourth-order valence-electron chi connectivity index (χ4n) is 2.06. The highest BCUT2D eigenvalue weighted by molar-refractivity contribution is 5.80. The lowest BCUT2D eigenvalue weighted by Gasteiger charge is -2.05. The van der Waals surface area contributed by atoms with E-state index in [0.717, 1.165) is 22.2 Å². The molecule has 1 heterocycles. The van der Waals surface area contributed by atoms with E-state index in [-0.39, 0.29) is 5.91 Å². The molecule has 0 aliphatic heterocycles. The largest absolute Gasteiger partial charge is 0.443 e. The summed E-state index contributed by atoms with van der Waals surface area (Å²) in [5.41, 5.74) is 3.53. The van der Waals surface area contributed by atoms with Crippen LogP contribution in [0.15, 0.2) is 59.3 Å². The molecule has 1 N–H and O–H groups in total. The first-order valence-corrected chi connectivity index (χ1v) is 6.44. The fourth-order valence-corrected chi connectivity index (χ4v) is 2.06. The van der Waals surface area contributed by atoms with E-state index in [4.69, 9.17) is 4.42 Å². The van der Waals surface area contributed by atoms with Crippen LogP contribution < -0.4 is 5.32 Å². The van der Waals surface area contributed by atoms with Gasteiger partial charge in [-0.25, -0.2) is 4.98 Å². The number of rotatable bonds is 4. The third kappa shape index (κ3) is 2.85. The Morgan fingerprint density at radius 2 is 1.95 bits per heavy atom. The van der Waals surface area contributed by atoms with Crippen molar-refractivity contribution in [3.05, 3.63) is 66.1 Å². The summed E-state index contributed by atoms with van der Waals surface area (Å²) >= 11 is 0. The minimum Gasteiger partial charge on any atom is -0.443 e. The quantitative estimate of drug-likeness (QED) is 0.790. The van der Waals surface area contributed by atoms with Crippen molar-refractivity contribution >= 4 is 17.0 Å². The predicted molar refractivity (Wildman–Crippen MR) is 76.0 cm³/mol. The van der Waals surface area contributed by atoms with Crippen LogP contribution in [0.4, 0.5) is 0 Å². The summed E-state index contributed by atoms with van der Waals surface area (Å²) in [7, 11) is 0. The van der Waals surface area contributed by atoms with Crippen LogP contribution in [-0.2, 0) is 17.8 Å². The van der Waals surface area contributed by atoms with E-state index in [9.17, 15) is 4.79 Å². The Labute approximate surface area is 116 Å². The number of nitrogens with one attached hydrogen (secondary N) is 1. The molecule has 0 fully saturated rings. The van der Waals surface area contributed by atoms with Gasteiger partial charge in [0.2, 0.25) is 5.91 Å². The minimum atomic E-state index is -0.00306. The number of hydrogen-bond acceptors (Lipinski definition) is 3. The summed E-state index contributed by atoms with van der Waals surface area (Å²) in [5.74, 6) is -0.00306. The van der Waals surface area contributed by atoms with Gasteiger partial charge in [-0.3, -0.25) is 4.79 Å². The number of fused-ring (bicyclic) bond motifs is 1. The van der Waals surface area contributed by atoms with Gasteiger partial charge in [0.15, 0.2) is 12.0 Å². The second kappa shape index (κ2) is 5.57. The molecule has 3 aromatic rings. The number of carbonyl (C=O) groups excluding carboxylic acids is 1. The molecule has 1 aromatic heterocycles. The monoisotopic (exact) mass is 266 g/mol. The summed E-state index contributed by atoms with van der Waals surface area (Å²) in [5, 5.41) is 2.91. The first kappa shape index (κ1) is 12.4. The smallest absolute Gasteiger partial charge is 0.224 e. The van der Waals surface area contributed by atoms with Gasteiger partial charge >= 0.3 is 0 Å². The molecule has 20 heavy (non-hydrogen) atoms. The van der Waals surface area contributed by atoms with Crippen LogP contribution in [0.3, 0.4) is 0 Å². The van der Waals surface area contributed by atoms with E-state index < -0.39 is 0 Å². The molecule has 0 atom stereocenters. The van der Waals surface area contributed by atoms with Gasteiger partial charge in [0.25, 0.3) is 0 Å². The van der Waals surface area contributed by atoms with Crippen LogP contribution in [-0.4, -0.2) is 10.9 Å². The zero-order chi connectivity index (χ0) is 13.8.